The largest absolute Gasteiger partial charge is 0.392 e. The maximum absolute atomic E-state index is 10.6. The third-order valence-electron chi connectivity index (χ3n) is 2.06. The molecule has 0 aliphatic rings. The number of hydrogen-bond donors (Lipinski definition) is 2. The molecule has 6 heteroatoms. The number of aryl methyl sites for hydroxylation is 1. The number of aliphatic hydroxyl groups excluding tert-OH is 1. The van der Waals surface area contributed by atoms with Gasteiger partial charge in [0.15, 0.2) is 0 Å². The summed E-state index contributed by atoms with van der Waals surface area (Å²) in [6.07, 6.45) is -0.509. The molecule has 1 aromatic rings. The Kier molecular flexibility index (Phi) is 4.09. The monoisotopic (exact) mass is 244 g/mol. The van der Waals surface area contributed by atoms with Gasteiger partial charge in [-0.05, 0) is 19.4 Å². The van der Waals surface area contributed by atoms with E-state index in [1.54, 1.807) is 13.8 Å². The maximum atomic E-state index is 10.6. The minimum absolute atomic E-state index is 0.0369. The number of nitrogens with zero attached hydrogens (tertiary/aromatic N) is 1. The van der Waals surface area contributed by atoms with E-state index in [0.717, 1.165) is 0 Å². The molecule has 0 amide bonds. The Morgan fingerprint density at radius 1 is 1.62 bits per heavy atom. The zero-order valence-corrected chi connectivity index (χ0v) is 9.78. The van der Waals surface area contributed by atoms with Gasteiger partial charge in [-0.2, -0.15) is 0 Å². The van der Waals surface area contributed by atoms with Crippen LogP contribution in [0.25, 0.3) is 0 Å². The number of nitrogens with one attached hydrogen (secondary N) is 1. The lowest BCUT2D eigenvalue weighted by Crippen LogP contribution is -2.16. The van der Waals surface area contributed by atoms with Gasteiger partial charge in [-0.3, -0.25) is 10.1 Å². The van der Waals surface area contributed by atoms with E-state index in [1.807, 2.05) is 0 Å². The van der Waals surface area contributed by atoms with Crippen molar-refractivity contribution in [3.8, 4) is 0 Å². The number of benzene rings is 1. The molecule has 0 aliphatic carbocycles. The van der Waals surface area contributed by atoms with Gasteiger partial charge in [-0.1, -0.05) is 11.6 Å². The lowest BCUT2D eigenvalue weighted by atomic mass is 10.1. The molecule has 16 heavy (non-hydrogen) atoms. The second-order valence-corrected chi connectivity index (χ2v) is 4.01. The van der Waals surface area contributed by atoms with Crippen molar-refractivity contribution >= 4 is 23.0 Å². The van der Waals surface area contributed by atoms with Crippen LogP contribution in [-0.4, -0.2) is 22.7 Å². The first-order valence-electron chi connectivity index (χ1n) is 4.78. The highest BCUT2D eigenvalue weighted by Crippen LogP contribution is 2.30. The van der Waals surface area contributed by atoms with Crippen LogP contribution < -0.4 is 5.32 Å². The molecule has 1 atom stereocenters. The molecule has 0 spiro atoms. The number of non-ortho nitro benzene ring substituents is 1. The van der Waals surface area contributed by atoms with Crippen LogP contribution in [0.5, 0.6) is 0 Å². The van der Waals surface area contributed by atoms with Gasteiger partial charge in [0.05, 0.1) is 21.7 Å². The average Bonchev–Trinajstić information content (AvgIpc) is 2.15. The molecule has 2 N–H and O–H groups in total. The molecule has 0 fully saturated rings. The Hall–Kier alpha value is -1.33. The average molecular weight is 245 g/mol. The number of rotatable bonds is 4. The fourth-order valence-electron chi connectivity index (χ4n) is 1.31. The lowest BCUT2D eigenvalue weighted by molar-refractivity contribution is -0.384. The van der Waals surface area contributed by atoms with Crippen LogP contribution in [0, 0.1) is 17.0 Å². The summed E-state index contributed by atoms with van der Waals surface area (Å²) in [6.45, 7) is 3.71. The van der Waals surface area contributed by atoms with Gasteiger partial charge < -0.3 is 10.4 Å². The quantitative estimate of drug-likeness (QED) is 0.630. The summed E-state index contributed by atoms with van der Waals surface area (Å²) in [4.78, 5) is 10.1. The van der Waals surface area contributed by atoms with Crippen molar-refractivity contribution in [1.82, 2.24) is 0 Å². The van der Waals surface area contributed by atoms with Gasteiger partial charge in [-0.15, -0.1) is 0 Å². The number of anilines is 1. The van der Waals surface area contributed by atoms with E-state index in [4.69, 9.17) is 16.7 Å². The number of aliphatic hydroxyl groups is 1. The van der Waals surface area contributed by atoms with Gasteiger partial charge in [0.25, 0.3) is 5.69 Å². The molecule has 1 unspecified atom stereocenters. The van der Waals surface area contributed by atoms with Gasteiger partial charge in [0, 0.05) is 18.7 Å². The van der Waals surface area contributed by atoms with Crippen LogP contribution in [0.15, 0.2) is 12.1 Å². The molecule has 5 nitrogen and oxygen atoms in total. The fourth-order valence-corrected chi connectivity index (χ4v) is 1.63. The second-order valence-electron chi connectivity index (χ2n) is 3.61. The second kappa shape index (κ2) is 5.14. The summed E-state index contributed by atoms with van der Waals surface area (Å²) in [6, 6.07) is 2.73. The van der Waals surface area contributed by atoms with Crippen LogP contribution in [-0.2, 0) is 0 Å². The molecule has 0 saturated carbocycles. The Morgan fingerprint density at radius 2 is 2.25 bits per heavy atom. The first-order chi connectivity index (χ1) is 7.41. The minimum Gasteiger partial charge on any atom is -0.392 e. The molecule has 1 aromatic carbocycles. The van der Waals surface area contributed by atoms with Crippen molar-refractivity contribution in [2.75, 3.05) is 11.9 Å². The topological polar surface area (TPSA) is 75.4 Å². The van der Waals surface area contributed by atoms with Crippen LogP contribution in [0.1, 0.15) is 12.5 Å². The molecule has 0 heterocycles. The maximum Gasteiger partial charge on any atom is 0.271 e. The Balaban J connectivity index is 2.98. The fraction of sp³-hybridized carbons (Fsp3) is 0.400. The van der Waals surface area contributed by atoms with Crippen LogP contribution in [0.4, 0.5) is 11.4 Å². The summed E-state index contributed by atoms with van der Waals surface area (Å²) >= 11 is 5.91. The van der Waals surface area contributed by atoms with E-state index in [2.05, 4.69) is 5.32 Å². The van der Waals surface area contributed by atoms with E-state index in [1.165, 1.54) is 12.1 Å². The third kappa shape index (κ3) is 3.08. The van der Waals surface area contributed by atoms with Crippen molar-refractivity contribution < 1.29 is 10.0 Å². The first-order valence-corrected chi connectivity index (χ1v) is 5.16. The highest BCUT2D eigenvalue weighted by atomic mass is 35.5. The van der Waals surface area contributed by atoms with E-state index < -0.39 is 11.0 Å². The van der Waals surface area contributed by atoms with Crippen molar-refractivity contribution in [2.24, 2.45) is 0 Å². The summed E-state index contributed by atoms with van der Waals surface area (Å²) in [5.41, 5.74) is 1.26. The van der Waals surface area contributed by atoms with Crippen molar-refractivity contribution in [1.29, 1.82) is 0 Å². The number of halogens is 1. The highest BCUT2D eigenvalue weighted by molar-refractivity contribution is 6.33. The summed E-state index contributed by atoms with van der Waals surface area (Å²) < 4.78 is 0. The predicted octanol–water partition coefficient (Wildman–Crippen LogP) is 2.35. The molecule has 0 bridgehead atoms. The zero-order chi connectivity index (χ0) is 12.3. The van der Waals surface area contributed by atoms with Crippen molar-refractivity contribution in [2.45, 2.75) is 20.0 Å². The first kappa shape index (κ1) is 12.7. The van der Waals surface area contributed by atoms with E-state index in [9.17, 15) is 10.1 Å². The van der Waals surface area contributed by atoms with E-state index >= 15 is 0 Å². The Morgan fingerprint density at radius 3 is 2.69 bits per heavy atom. The number of hydrogen-bond acceptors (Lipinski definition) is 4. The third-order valence-corrected chi connectivity index (χ3v) is 2.36. The highest BCUT2D eigenvalue weighted by Gasteiger charge is 2.13. The number of nitro groups is 1. The molecule has 1 rings (SSSR count). The SMILES string of the molecule is Cc1cc([N+](=O)[O-])cc(Cl)c1NCC(C)O. The Labute approximate surface area is 98.2 Å². The molecular formula is C10H13ClN2O3. The number of nitro benzene ring substituents is 1. The summed E-state index contributed by atoms with van der Waals surface area (Å²) in [5.74, 6) is 0. The molecule has 0 radical (unpaired) electrons. The van der Waals surface area contributed by atoms with Gasteiger partial charge in [0.1, 0.15) is 0 Å². The van der Waals surface area contributed by atoms with Gasteiger partial charge in [0.2, 0.25) is 0 Å². The van der Waals surface area contributed by atoms with E-state index in [-0.39, 0.29) is 10.7 Å². The molecule has 0 aliphatic heterocycles. The van der Waals surface area contributed by atoms with Crippen molar-refractivity contribution in [3.05, 3.63) is 32.8 Å². The zero-order valence-electron chi connectivity index (χ0n) is 9.03. The summed E-state index contributed by atoms with van der Waals surface area (Å²) in [7, 11) is 0. The van der Waals surface area contributed by atoms with Crippen LogP contribution in [0.3, 0.4) is 0 Å². The minimum atomic E-state index is -0.509. The molecule has 0 saturated heterocycles. The standard InChI is InChI=1S/C10H13ClN2O3/c1-6-3-8(13(15)16)4-9(11)10(6)12-5-7(2)14/h3-4,7,12,14H,5H2,1-2H3. The van der Waals surface area contributed by atoms with Crippen LogP contribution >= 0.6 is 11.6 Å². The smallest absolute Gasteiger partial charge is 0.271 e. The molecule has 0 aromatic heterocycles. The molecule has 88 valence electrons. The predicted molar refractivity (Wildman–Crippen MR) is 63.0 cm³/mol. The van der Waals surface area contributed by atoms with Gasteiger partial charge >= 0.3 is 0 Å². The molecular weight excluding hydrogens is 232 g/mol. The Bertz CT molecular complexity index is 384. The van der Waals surface area contributed by atoms with Gasteiger partial charge in [-0.25, -0.2) is 0 Å². The van der Waals surface area contributed by atoms with Crippen LogP contribution in [0.2, 0.25) is 5.02 Å². The lowest BCUT2D eigenvalue weighted by Gasteiger charge is -2.12. The normalized spacial score (nSPS) is 12.2. The summed E-state index contributed by atoms with van der Waals surface area (Å²) in [5, 5.41) is 22.9. The van der Waals surface area contributed by atoms with E-state index in [0.29, 0.717) is 17.8 Å². The van der Waals surface area contributed by atoms with Crippen molar-refractivity contribution in [3.63, 3.8) is 0 Å².